The van der Waals surface area contributed by atoms with Crippen molar-refractivity contribution in [1.82, 2.24) is 25.0 Å². The molecule has 0 saturated carbocycles. The first kappa shape index (κ1) is 21.7. The Morgan fingerprint density at radius 3 is 2.46 bits per heavy atom. The van der Waals surface area contributed by atoms with E-state index in [-0.39, 0.29) is 12.4 Å². The van der Waals surface area contributed by atoms with Gasteiger partial charge in [-0.2, -0.15) is 0 Å². The maximum atomic E-state index is 5.58. The summed E-state index contributed by atoms with van der Waals surface area (Å²) in [5.41, 5.74) is 10.2. The molecule has 0 aliphatic heterocycles. The van der Waals surface area contributed by atoms with Crippen LogP contribution in [-0.2, 0) is 19.4 Å². The molecule has 0 radical (unpaired) electrons. The third-order valence-electron chi connectivity index (χ3n) is 4.48. The summed E-state index contributed by atoms with van der Waals surface area (Å²) >= 11 is 0. The second-order valence-electron chi connectivity index (χ2n) is 7.00. The summed E-state index contributed by atoms with van der Waals surface area (Å²) < 4.78 is 1.92. The van der Waals surface area contributed by atoms with Crippen LogP contribution in [0, 0.1) is 0 Å². The van der Waals surface area contributed by atoms with E-state index >= 15 is 0 Å². The first-order valence-corrected chi connectivity index (χ1v) is 9.60. The van der Waals surface area contributed by atoms with E-state index in [1.807, 2.05) is 16.9 Å². The smallest absolute Gasteiger partial charge is 0.197 e. The van der Waals surface area contributed by atoms with Crippen molar-refractivity contribution in [2.24, 2.45) is 0 Å². The molecule has 1 aromatic carbocycles. The minimum absolute atomic E-state index is 0. The van der Waals surface area contributed by atoms with Gasteiger partial charge in [-0.3, -0.25) is 0 Å². The Bertz CT molecular complexity index is 853. The van der Waals surface area contributed by atoms with Crippen molar-refractivity contribution in [1.29, 1.82) is 0 Å². The number of aromatic nitrogens is 5. The number of aryl methyl sites for hydroxylation is 2. The number of benzene rings is 1. The van der Waals surface area contributed by atoms with E-state index in [4.69, 9.17) is 5.73 Å². The molecule has 7 heteroatoms. The van der Waals surface area contributed by atoms with Gasteiger partial charge >= 0.3 is 0 Å². The van der Waals surface area contributed by atoms with Crippen LogP contribution in [0.1, 0.15) is 49.6 Å². The summed E-state index contributed by atoms with van der Waals surface area (Å²) in [6.07, 6.45) is 12.8. The Kier molecular flexibility index (Phi) is 8.75. The average molecular weight is 401 g/mol. The Morgan fingerprint density at radius 1 is 1.07 bits per heavy atom. The van der Waals surface area contributed by atoms with Crippen LogP contribution in [-0.4, -0.2) is 25.0 Å². The van der Waals surface area contributed by atoms with Crippen LogP contribution in [0.4, 0.5) is 5.95 Å². The number of nitrogens with zero attached hydrogens (tertiary/aromatic N) is 4. The number of unbranched alkanes of at least 4 members (excludes halogenated alkanes) is 3. The summed E-state index contributed by atoms with van der Waals surface area (Å²) in [5, 5.41) is 8.56. The molecule has 0 spiro atoms. The number of rotatable bonds is 10. The van der Waals surface area contributed by atoms with Gasteiger partial charge in [0.2, 0.25) is 0 Å². The van der Waals surface area contributed by atoms with Crippen LogP contribution in [0.2, 0.25) is 0 Å². The molecule has 28 heavy (non-hydrogen) atoms. The normalized spacial score (nSPS) is 11.4. The SMILES string of the molecule is C/C(=C\c1ccccc1)Cn1cc(CCCCCCc2c[nH]c(N)n2)nn1.Cl. The number of hydrogen-bond acceptors (Lipinski definition) is 4. The Morgan fingerprint density at radius 2 is 1.79 bits per heavy atom. The Labute approximate surface area is 172 Å². The van der Waals surface area contributed by atoms with Crippen LogP contribution in [0.25, 0.3) is 6.08 Å². The van der Waals surface area contributed by atoms with Crippen molar-refractivity contribution >= 4 is 24.4 Å². The zero-order valence-electron chi connectivity index (χ0n) is 16.3. The lowest BCUT2D eigenvalue weighted by atomic mass is 10.1. The number of anilines is 1. The topological polar surface area (TPSA) is 85.4 Å². The molecule has 2 heterocycles. The number of hydrogen-bond donors (Lipinski definition) is 2. The molecule has 0 atom stereocenters. The van der Waals surface area contributed by atoms with Crippen LogP contribution in [0.15, 0.2) is 48.3 Å². The molecule has 0 aliphatic rings. The van der Waals surface area contributed by atoms with Gasteiger partial charge in [-0.25, -0.2) is 9.67 Å². The molecule has 3 aromatic rings. The predicted molar refractivity (Wildman–Crippen MR) is 116 cm³/mol. The van der Waals surface area contributed by atoms with E-state index in [0.717, 1.165) is 43.6 Å². The van der Waals surface area contributed by atoms with E-state index in [9.17, 15) is 0 Å². The van der Waals surface area contributed by atoms with Gasteiger partial charge in [-0.15, -0.1) is 17.5 Å². The van der Waals surface area contributed by atoms with Gasteiger partial charge < -0.3 is 10.7 Å². The number of aromatic amines is 1. The average Bonchev–Trinajstić information content (AvgIpc) is 3.27. The van der Waals surface area contributed by atoms with Crippen LogP contribution in [0.5, 0.6) is 0 Å². The first-order chi connectivity index (χ1) is 13.2. The molecular formula is C21H29ClN6. The highest BCUT2D eigenvalue weighted by Gasteiger charge is 2.03. The number of H-pyrrole nitrogens is 1. The molecule has 0 amide bonds. The lowest BCUT2D eigenvalue weighted by Crippen LogP contribution is -1.99. The number of nitrogens with one attached hydrogen (secondary N) is 1. The largest absolute Gasteiger partial charge is 0.369 e. The summed E-state index contributed by atoms with van der Waals surface area (Å²) in [7, 11) is 0. The second-order valence-corrected chi connectivity index (χ2v) is 7.00. The van der Waals surface area contributed by atoms with Crippen molar-refractivity contribution in [3.63, 3.8) is 0 Å². The van der Waals surface area contributed by atoms with E-state index in [1.54, 1.807) is 0 Å². The highest BCUT2D eigenvalue weighted by atomic mass is 35.5. The minimum atomic E-state index is 0. The molecule has 6 nitrogen and oxygen atoms in total. The Hall–Kier alpha value is -2.60. The summed E-state index contributed by atoms with van der Waals surface area (Å²) in [6.45, 7) is 2.90. The van der Waals surface area contributed by atoms with Crippen molar-refractivity contribution in [3.05, 3.63) is 65.2 Å². The number of nitrogens with two attached hydrogens (primary N) is 1. The fraction of sp³-hybridized carbons (Fsp3) is 0.381. The lowest BCUT2D eigenvalue weighted by Gasteiger charge is -2.01. The van der Waals surface area contributed by atoms with Crippen molar-refractivity contribution < 1.29 is 0 Å². The van der Waals surface area contributed by atoms with Crippen LogP contribution in [0.3, 0.4) is 0 Å². The minimum Gasteiger partial charge on any atom is -0.369 e. The standard InChI is InChI=1S/C21H28N6.ClH/c1-17(13-18-9-5-4-6-10-18)15-27-16-20(25-26-27)12-8-3-2-7-11-19-14-23-21(22)24-19;/h4-6,9-10,13-14,16H,2-3,7-8,11-12,15H2,1H3,(H3,22,23,24);1H/b17-13+;. The zero-order valence-corrected chi connectivity index (χ0v) is 17.2. The highest BCUT2D eigenvalue weighted by Crippen LogP contribution is 2.11. The van der Waals surface area contributed by atoms with E-state index < -0.39 is 0 Å². The van der Waals surface area contributed by atoms with Gasteiger partial charge in [0.25, 0.3) is 0 Å². The molecule has 0 fully saturated rings. The third kappa shape index (κ3) is 7.19. The van der Waals surface area contributed by atoms with Gasteiger partial charge in [0.05, 0.1) is 17.9 Å². The van der Waals surface area contributed by atoms with Gasteiger partial charge in [-0.05, 0) is 38.2 Å². The van der Waals surface area contributed by atoms with Crippen molar-refractivity contribution in [2.45, 2.75) is 52.0 Å². The van der Waals surface area contributed by atoms with Crippen LogP contribution >= 0.6 is 12.4 Å². The van der Waals surface area contributed by atoms with Gasteiger partial charge in [0.15, 0.2) is 5.95 Å². The maximum Gasteiger partial charge on any atom is 0.197 e. The lowest BCUT2D eigenvalue weighted by molar-refractivity contribution is 0.630. The first-order valence-electron chi connectivity index (χ1n) is 9.60. The maximum absolute atomic E-state index is 5.58. The number of allylic oxidation sites excluding steroid dienone is 1. The quantitative estimate of drug-likeness (QED) is 0.492. The molecule has 0 aliphatic carbocycles. The van der Waals surface area contributed by atoms with Crippen molar-refractivity contribution in [2.75, 3.05) is 5.73 Å². The van der Waals surface area contributed by atoms with Gasteiger partial charge in [-0.1, -0.05) is 60.0 Å². The van der Waals surface area contributed by atoms with Gasteiger partial charge in [0, 0.05) is 12.4 Å². The van der Waals surface area contributed by atoms with Crippen molar-refractivity contribution in [3.8, 4) is 0 Å². The van der Waals surface area contributed by atoms with E-state index in [1.165, 1.54) is 24.0 Å². The fourth-order valence-electron chi connectivity index (χ4n) is 3.14. The number of imidazole rings is 1. The van der Waals surface area contributed by atoms with E-state index in [0.29, 0.717) is 5.95 Å². The monoisotopic (exact) mass is 400 g/mol. The molecule has 3 rings (SSSR count). The molecule has 0 bridgehead atoms. The summed E-state index contributed by atoms with van der Waals surface area (Å²) in [4.78, 5) is 7.14. The van der Waals surface area contributed by atoms with Crippen LogP contribution < -0.4 is 5.73 Å². The third-order valence-corrected chi connectivity index (χ3v) is 4.48. The Balaban J connectivity index is 0.00000280. The molecule has 0 unspecified atom stereocenters. The zero-order chi connectivity index (χ0) is 18.9. The summed E-state index contributed by atoms with van der Waals surface area (Å²) in [6, 6.07) is 10.4. The fourth-order valence-corrected chi connectivity index (χ4v) is 3.14. The molecule has 150 valence electrons. The van der Waals surface area contributed by atoms with Gasteiger partial charge in [0.1, 0.15) is 0 Å². The predicted octanol–water partition coefficient (Wildman–Crippen LogP) is 4.45. The second kappa shape index (κ2) is 11.3. The molecule has 3 N–H and O–H groups in total. The van der Waals surface area contributed by atoms with E-state index in [2.05, 4.69) is 63.7 Å². The molecule has 0 saturated heterocycles. The number of nitrogen functional groups attached to an aromatic ring is 1. The number of halogens is 1. The summed E-state index contributed by atoms with van der Waals surface area (Å²) in [5.74, 6) is 0.502. The highest BCUT2D eigenvalue weighted by molar-refractivity contribution is 5.85. The molecular weight excluding hydrogens is 372 g/mol. The molecule has 2 aromatic heterocycles.